The van der Waals surface area contributed by atoms with Crippen molar-refractivity contribution in [3.8, 4) is 5.75 Å². The Labute approximate surface area is 131 Å². The quantitative estimate of drug-likeness (QED) is 0.587. The fraction of sp³-hybridized carbons (Fsp3) is 0.429. The number of hydrogen-bond donors (Lipinski definition) is 0. The third-order valence-corrected chi connectivity index (χ3v) is 4.23. The Morgan fingerprint density at radius 1 is 1.35 bits per heavy atom. The maximum atomic E-state index is 12.5. The molecule has 0 aromatic heterocycles. The highest BCUT2D eigenvalue weighted by Crippen LogP contribution is 2.25. The number of carbonyl (C=O) groups excluding carboxylic acids is 2. The SMILES string of the molecule is COC(=O)[C@@H]1CCCN1C(=O)c1ccc(OC)c(I)c1. The Bertz CT molecular complexity index is 532. The number of amides is 1. The van der Waals surface area contributed by atoms with Gasteiger partial charge in [-0.15, -0.1) is 0 Å². The number of ether oxygens (including phenoxy) is 2. The number of esters is 1. The smallest absolute Gasteiger partial charge is 0.328 e. The molecule has 1 fully saturated rings. The molecule has 0 saturated carbocycles. The van der Waals surface area contributed by atoms with Gasteiger partial charge in [-0.2, -0.15) is 0 Å². The van der Waals surface area contributed by atoms with Gasteiger partial charge in [0.1, 0.15) is 11.8 Å². The van der Waals surface area contributed by atoms with E-state index in [0.717, 1.165) is 15.7 Å². The topological polar surface area (TPSA) is 55.8 Å². The first-order chi connectivity index (χ1) is 9.58. The van der Waals surface area contributed by atoms with E-state index in [0.29, 0.717) is 18.5 Å². The first-order valence-electron chi connectivity index (χ1n) is 6.30. The van der Waals surface area contributed by atoms with Gasteiger partial charge in [0.25, 0.3) is 5.91 Å². The lowest BCUT2D eigenvalue weighted by Gasteiger charge is -2.22. The summed E-state index contributed by atoms with van der Waals surface area (Å²) in [5.41, 5.74) is 0.561. The highest BCUT2D eigenvalue weighted by Gasteiger charge is 2.35. The van der Waals surface area contributed by atoms with Crippen LogP contribution in [0.4, 0.5) is 0 Å². The van der Waals surface area contributed by atoms with E-state index in [9.17, 15) is 9.59 Å². The molecule has 0 radical (unpaired) electrons. The van der Waals surface area contributed by atoms with Crippen LogP contribution in [0.3, 0.4) is 0 Å². The molecule has 2 rings (SSSR count). The van der Waals surface area contributed by atoms with Crippen molar-refractivity contribution in [3.05, 3.63) is 27.3 Å². The van der Waals surface area contributed by atoms with Crippen LogP contribution in [-0.2, 0) is 9.53 Å². The van der Waals surface area contributed by atoms with Gasteiger partial charge in [0, 0.05) is 12.1 Å². The third-order valence-electron chi connectivity index (χ3n) is 3.39. The van der Waals surface area contributed by atoms with E-state index in [1.54, 1.807) is 30.2 Å². The van der Waals surface area contributed by atoms with Gasteiger partial charge in [-0.05, 0) is 53.6 Å². The molecule has 20 heavy (non-hydrogen) atoms. The highest BCUT2D eigenvalue weighted by molar-refractivity contribution is 14.1. The molecular weight excluding hydrogens is 373 g/mol. The predicted molar refractivity (Wildman–Crippen MR) is 81.8 cm³/mol. The molecule has 1 aliphatic rings. The minimum Gasteiger partial charge on any atom is -0.496 e. The van der Waals surface area contributed by atoms with Crippen LogP contribution in [0.25, 0.3) is 0 Å². The van der Waals surface area contributed by atoms with Crippen molar-refractivity contribution < 1.29 is 19.1 Å². The standard InChI is InChI=1S/C14H16INO4/c1-19-12-6-5-9(8-10(12)15)13(17)16-7-3-4-11(16)14(18)20-2/h5-6,8,11H,3-4,7H2,1-2H3/t11-/m0/s1. The Hall–Kier alpha value is -1.31. The summed E-state index contributed by atoms with van der Waals surface area (Å²) < 4.78 is 10.8. The molecule has 6 heteroatoms. The fourth-order valence-corrected chi connectivity index (χ4v) is 3.09. The molecule has 0 spiro atoms. The lowest BCUT2D eigenvalue weighted by atomic mass is 10.1. The van der Waals surface area contributed by atoms with Crippen molar-refractivity contribution in [2.75, 3.05) is 20.8 Å². The van der Waals surface area contributed by atoms with Gasteiger partial charge in [0.05, 0.1) is 17.8 Å². The van der Waals surface area contributed by atoms with Crippen LogP contribution in [0.1, 0.15) is 23.2 Å². The molecule has 1 aromatic rings. The van der Waals surface area contributed by atoms with Crippen LogP contribution < -0.4 is 4.74 Å². The van der Waals surface area contributed by atoms with E-state index in [2.05, 4.69) is 22.6 Å². The van der Waals surface area contributed by atoms with Crippen LogP contribution in [0.2, 0.25) is 0 Å². The van der Waals surface area contributed by atoms with Crippen LogP contribution in [0.15, 0.2) is 18.2 Å². The molecule has 1 heterocycles. The third kappa shape index (κ3) is 2.89. The molecule has 1 amide bonds. The van der Waals surface area contributed by atoms with E-state index in [4.69, 9.17) is 9.47 Å². The number of benzene rings is 1. The van der Waals surface area contributed by atoms with Gasteiger partial charge < -0.3 is 14.4 Å². The van der Waals surface area contributed by atoms with Crippen LogP contribution in [0, 0.1) is 3.57 Å². The zero-order valence-corrected chi connectivity index (χ0v) is 13.5. The number of carbonyl (C=O) groups is 2. The summed E-state index contributed by atoms with van der Waals surface area (Å²) in [6, 6.07) is 4.79. The van der Waals surface area contributed by atoms with Crippen molar-refractivity contribution in [2.45, 2.75) is 18.9 Å². The summed E-state index contributed by atoms with van der Waals surface area (Å²) in [7, 11) is 2.94. The van der Waals surface area contributed by atoms with Gasteiger partial charge in [0.2, 0.25) is 0 Å². The molecule has 0 bridgehead atoms. The Balaban J connectivity index is 2.22. The monoisotopic (exact) mass is 389 g/mol. The van der Waals surface area contributed by atoms with E-state index in [1.807, 2.05) is 0 Å². The highest BCUT2D eigenvalue weighted by atomic mass is 127. The van der Waals surface area contributed by atoms with Gasteiger partial charge >= 0.3 is 5.97 Å². The zero-order valence-electron chi connectivity index (χ0n) is 11.4. The zero-order chi connectivity index (χ0) is 14.7. The van der Waals surface area contributed by atoms with Crippen LogP contribution >= 0.6 is 22.6 Å². The number of halogens is 1. The molecule has 1 saturated heterocycles. The lowest BCUT2D eigenvalue weighted by Crippen LogP contribution is -2.41. The van der Waals surface area contributed by atoms with Crippen molar-refractivity contribution >= 4 is 34.5 Å². The number of nitrogens with zero attached hydrogens (tertiary/aromatic N) is 1. The van der Waals surface area contributed by atoms with Crippen LogP contribution in [0.5, 0.6) is 5.75 Å². The molecule has 1 aliphatic heterocycles. The molecule has 108 valence electrons. The fourth-order valence-electron chi connectivity index (χ4n) is 2.36. The summed E-state index contributed by atoms with van der Waals surface area (Å²) in [5, 5.41) is 0. The van der Waals surface area contributed by atoms with Gasteiger partial charge in [-0.1, -0.05) is 0 Å². The molecule has 0 N–H and O–H groups in total. The molecule has 0 unspecified atom stereocenters. The number of rotatable bonds is 3. The van der Waals surface area contributed by atoms with Crippen molar-refractivity contribution in [3.63, 3.8) is 0 Å². The summed E-state index contributed by atoms with van der Waals surface area (Å²) >= 11 is 2.12. The molecule has 5 nitrogen and oxygen atoms in total. The Morgan fingerprint density at radius 3 is 2.70 bits per heavy atom. The Kier molecular flexibility index (Phi) is 4.85. The predicted octanol–water partition coefficient (Wildman–Crippen LogP) is 2.08. The molecule has 1 aromatic carbocycles. The van der Waals surface area contributed by atoms with Crippen molar-refractivity contribution in [2.24, 2.45) is 0 Å². The van der Waals surface area contributed by atoms with E-state index >= 15 is 0 Å². The van der Waals surface area contributed by atoms with E-state index in [1.165, 1.54) is 7.11 Å². The largest absolute Gasteiger partial charge is 0.496 e. The van der Waals surface area contributed by atoms with Crippen LogP contribution in [-0.4, -0.2) is 43.6 Å². The number of methoxy groups -OCH3 is 2. The molecular formula is C14H16INO4. The van der Waals surface area contributed by atoms with Crippen molar-refractivity contribution in [1.82, 2.24) is 4.90 Å². The van der Waals surface area contributed by atoms with Gasteiger partial charge in [-0.25, -0.2) is 4.79 Å². The minimum absolute atomic E-state index is 0.140. The first-order valence-corrected chi connectivity index (χ1v) is 7.38. The Morgan fingerprint density at radius 2 is 2.10 bits per heavy atom. The lowest BCUT2D eigenvalue weighted by molar-refractivity contribution is -0.145. The number of hydrogen-bond acceptors (Lipinski definition) is 4. The summed E-state index contributed by atoms with van der Waals surface area (Å²) in [4.78, 5) is 25.8. The van der Waals surface area contributed by atoms with E-state index < -0.39 is 6.04 Å². The second-order valence-corrected chi connectivity index (χ2v) is 5.69. The second-order valence-electron chi connectivity index (χ2n) is 4.53. The van der Waals surface area contributed by atoms with Gasteiger partial charge in [-0.3, -0.25) is 4.79 Å². The molecule has 1 atom stereocenters. The average Bonchev–Trinajstić information content (AvgIpc) is 2.94. The van der Waals surface area contributed by atoms with Gasteiger partial charge in [0.15, 0.2) is 0 Å². The van der Waals surface area contributed by atoms with E-state index in [-0.39, 0.29) is 11.9 Å². The maximum Gasteiger partial charge on any atom is 0.328 e. The summed E-state index contributed by atoms with van der Waals surface area (Å²) in [6.45, 7) is 0.585. The normalized spacial score (nSPS) is 17.9. The maximum absolute atomic E-state index is 12.5. The first kappa shape index (κ1) is 15.1. The minimum atomic E-state index is -0.465. The average molecular weight is 389 g/mol. The van der Waals surface area contributed by atoms with Crippen molar-refractivity contribution in [1.29, 1.82) is 0 Å². The summed E-state index contributed by atoms with van der Waals surface area (Å²) in [6.07, 6.45) is 1.48. The molecule has 0 aliphatic carbocycles. The number of likely N-dealkylation sites (tertiary alicyclic amines) is 1. The second kappa shape index (κ2) is 6.43. The summed E-state index contributed by atoms with van der Waals surface area (Å²) in [5.74, 6) is 0.241.